The summed E-state index contributed by atoms with van der Waals surface area (Å²) < 4.78 is 11.1. The number of hydrogen-bond donors (Lipinski definition) is 10. The number of aliphatic carboxylic acids is 1. The molecule has 2 unspecified atom stereocenters. The molecule has 1 aromatic rings. The van der Waals surface area contributed by atoms with Gasteiger partial charge in [0.2, 0.25) is 35.4 Å². The number of aliphatic hydroxyl groups is 1. The van der Waals surface area contributed by atoms with Crippen molar-refractivity contribution < 1.29 is 62.8 Å². The first kappa shape index (κ1) is 64.0. The summed E-state index contributed by atoms with van der Waals surface area (Å²) in [5.74, 6) is -12.1. The monoisotopic (exact) mass is 1050 g/mol. The molecule has 0 saturated carbocycles. The maximum atomic E-state index is 14.5. The molecule has 1 fully saturated rings. The minimum Gasteiger partial charge on any atom is -0.480 e. The van der Waals surface area contributed by atoms with Crippen molar-refractivity contribution in [1.82, 2.24) is 36.8 Å². The molecule has 75 heavy (non-hydrogen) atoms. The maximum Gasteiger partial charge on any atom is 0.328 e. The van der Waals surface area contributed by atoms with E-state index in [1.807, 2.05) is 50.3 Å². The van der Waals surface area contributed by atoms with Gasteiger partial charge in [-0.25, -0.2) is 9.59 Å². The van der Waals surface area contributed by atoms with Crippen molar-refractivity contribution in [2.45, 2.75) is 142 Å². The zero-order chi connectivity index (χ0) is 56.7. The molecule has 23 nitrogen and oxygen atoms in total. The first-order chi connectivity index (χ1) is 35.2. The molecule has 0 spiro atoms. The second-order valence-electron chi connectivity index (χ2n) is 19.4. The predicted molar refractivity (Wildman–Crippen MR) is 279 cm³/mol. The number of methoxy groups -OCH3 is 1. The number of benzene rings is 1. The Morgan fingerprint density at radius 3 is 2.07 bits per heavy atom. The molecule has 0 aliphatic carbocycles. The lowest BCUT2D eigenvalue weighted by Crippen LogP contribution is -2.59. The number of ether oxygens (including phenoxy) is 2. The minimum absolute atomic E-state index is 0.00236. The average molecular weight is 1050 g/mol. The summed E-state index contributed by atoms with van der Waals surface area (Å²) in [5, 5.41) is 35.6. The van der Waals surface area contributed by atoms with Crippen LogP contribution in [0.2, 0.25) is 0 Å². The topological polar surface area (TPSA) is 352 Å². The minimum atomic E-state index is -1.89. The number of carboxylic acid groups (broad SMARTS) is 1. The highest BCUT2D eigenvalue weighted by Gasteiger charge is 2.38. The Balaban J connectivity index is 2.81. The molecule has 12 N–H and O–H groups in total. The van der Waals surface area contributed by atoms with Crippen LogP contribution in [0.5, 0.6) is 0 Å². The molecular formula is C52H80N10O13. The van der Waals surface area contributed by atoms with E-state index in [0.717, 1.165) is 10.5 Å². The second-order valence-corrected chi connectivity index (χ2v) is 19.4. The average Bonchev–Trinajstić information content (AvgIpc) is 3.35. The van der Waals surface area contributed by atoms with Gasteiger partial charge in [-0.05, 0) is 64.4 Å². The molecule has 1 aliphatic rings. The third-order valence-electron chi connectivity index (χ3n) is 12.4. The van der Waals surface area contributed by atoms with E-state index in [0.29, 0.717) is 12.0 Å². The van der Waals surface area contributed by atoms with Crippen LogP contribution in [0.4, 0.5) is 0 Å². The van der Waals surface area contributed by atoms with Gasteiger partial charge in [0.15, 0.2) is 5.96 Å². The second kappa shape index (κ2) is 31.6. The SMILES string of the molecule is C=C1C(=O)N[C@H](C)C(=O)N[C@@H](CC(C)C)C(=O)N[C@@H](C(=O)O)[C@H](C)C(=O)NC(CCCN=C(N)N)C(=O)N[C@@H](/C=C/C(C)=C/[C@H](C)[C@H](Cc2ccccc2)OC)[C@H](C)C(=O)N[C@@H](C(=O)OCC(C)O)CCC(=O)N1C. The first-order valence-corrected chi connectivity index (χ1v) is 25.0. The number of aliphatic imine (C=N–C) groups is 1. The number of aliphatic hydroxyl groups excluding tert-OH is 1. The van der Waals surface area contributed by atoms with Crippen LogP contribution in [0.1, 0.15) is 93.1 Å². The lowest BCUT2D eigenvalue weighted by molar-refractivity contribution is -0.151. The number of nitrogens with zero attached hydrogens (tertiary/aromatic N) is 2. The fraction of sp³-hybridized carbons (Fsp3) is 0.577. The van der Waals surface area contributed by atoms with Crippen LogP contribution in [-0.2, 0) is 59.0 Å². The van der Waals surface area contributed by atoms with Gasteiger partial charge in [-0.2, -0.15) is 0 Å². The van der Waals surface area contributed by atoms with Crippen molar-refractivity contribution in [1.29, 1.82) is 0 Å². The molecule has 7 amide bonds. The van der Waals surface area contributed by atoms with Crippen molar-refractivity contribution in [3.8, 4) is 0 Å². The number of carbonyl (C=O) groups excluding carboxylic acids is 8. The van der Waals surface area contributed by atoms with Crippen LogP contribution >= 0.6 is 0 Å². The quantitative estimate of drug-likeness (QED) is 0.0253. The smallest absolute Gasteiger partial charge is 0.328 e. The van der Waals surface area contributed by atoms with Crippen molar-refractivity contribution in [3.05, 3.63) is 72.0 Å². The Morgan fingerprint density at radius 1 is 0.867 bits per heavy atom. The zero-order valence-electron chi connectivity index (χ0n) is 44.8. The van der Waals surface area contributed by atoms with Gasteiger partial charge in [0.1, 0.15) is 42.5 Å². The molecule has 1 aliphatic heterocycles. The Kier molecular flexibility index (Phi) is 26.9. The number of carboxylic acids is 1. The van der Waals surface area contributed by atoms with Gasteiger partial charge >= 0.3 is 11.9 Å². The van der Waals surface area contributed by atoms with Gasteiger partial charge in [0, 0.05) is 33.0 Å². The van der Waals surface area contributed by atoms with Gasteiger partial charge in [-0.1, -0.05) is 95.3 Å². The van der Waals surface area contributed by atoms with Crippen molar-refractivity contribution in [3.63, 3.8) is 0 Å². The Bertz CT molecular complexity index is 2250. The summed E-state index contributed by atoms with van der Waals surface area (Å²) in [4.78, 5) is 128. The fourth-order valence-corrected chi connectivity index (χ4v) is 7.75. The Labute approximate surface area is 439 Å². The van der Waals surface area contributed by atoms with Crippen LogP contribution in [0.3, 0.4) is 0 Å². The maximum absolute atomic E-state index is 14.5. The van der Waals surface area contributed by atoms with E-state index in [-0.39, 0.29) is 56.1 Å². The largest absolute Gasteiger partial charge is 0.480 e. The summed E-state index contributed by atoms with van der Waals surface area (Å²) in [6.45, 7) is 15.9. The number of allylic oxidation sites excluding steroid dienone is 2. The zero-order valence-corrected chi connectivity index (χ0v) is 44.8. The molecule has 416 valence electrons. The van der Waals surface area contributed by atoms with Gasteiger partial charge < -0.3 is 68.0 Å². The van der Waals surface area contributed by atoms with E-state index < -0.39 is 126 Å². The predicted octanol–water partition coefficient (Wildman–Crippen LogP) is 0.458. The molecule has 1 heterocycles. The number of rotatable bonds is 17. The number of amides is 7. The fourth-order valence-electron chi connectivity index (χ4n) is 7.75. The van der Waals surface area contributed by atoms with Crippen LogP contribution in [-0.4, -0.2) is 150 Å². The molecule has 1 saturated heterocycles. The Morgan fingerprint density at radius 2 is 1.48 bits per heavy atom. The highest BCUT2D eigenvalue weighted by atomic mass is 16.5. The number of nitrogens with one attached hydrogen (secondary N) is 6. The van der Waals surface area contributed by atoms with Crippen molar-refractivity contribution >= 4 is 59.2 Å². The lowest BCUT2D eigenvalue weighted by Gasteiger charge is -2.29. The number of nitrogens with two attached hydrogens (primary N) is 2. The van der Waals surface area contributed by atoms with Crippen LogP contribution in [0, 0.1) is 23.7 Å². The van der Waals surface area contributed by atoms with E-state index in [1.54, 1.807) is 33.1 Å². The summed E-state index contributed by atoms with van der Waals surface area (Å²) in [5.41, 5.74) is 12.4. The summed E-state index contributed by atoms with van der Waals surface area (Å²) in [7, 11) is 2.84. The molecule has 0 radical (unpaired) electrons. The third kappa shape index (κ3) is 22.1. The Hall–Kier alpha value is -7.14. The van der Waals surface area contributed by atoms with E-state index >= 15 is 0 Å². The number of likely N-dealkylation sites (N-methyl/N-ethyl adjacent to an activating group) is 1. The standard InChI is InChI=1S/C52H80N10O13/c1-28(2)24-40-49(70)61-43(50(71)72)33(7)45(66)58-38(18-15-23-55-52(53)54)48(69)57-37(20-19-29(3)25-30(4)41(74-11)26-36-16-13-12-14-17-36)32(6)44(65)59-39(51(73)75-27-31(5)63)21-22-42(64)62(10)35(9)47(68)56-34(8)46(67)60-40/h12-14,16-17,19-20,25,28,30-34,37-41,43,63H,9,15,18,21-24,26-27H2,1-8,10-11H3,(H,56,68)(H,57,69)(H,58,66)(H,59,65)(H,60,67)(H,61,70)(H,71,72)(H4,53,54,55)/b20-19+,29-25+/t30-,31?,32-,33-,34+,37-,38?,39+,40-,41-,43+/m0/s1. The number of guanidine groups is 1. The summed E-state index contributed by atoms with van der Waals surface area (Å²) in [6, 6.07) is 1.09. The summed E-state index contributed by atoms with van der Waals surface area (Å²) >= 11 is 0. The van der Waals surface area contributed by atoms with Gasteiger partial charge in [-0.15, -0.1) is 0 Å². The number of esters is 1. The van der Waals surface area contributed by atoms with E-state index in [4.69, 9.17) is 20.9 Å². The third-order valence-corrected chi connectivity index (χ3v) is 12.4. The van der Waals surface area contributed by atoms with Crippen LogP contribution < -0.4 is 43.4 Å². The molecular weight excluding hydrogens is 973 g/mol. The van der Waals surface area contributed by atoms with Gasteiger partial charge in [0.25, 0.3) is 5.91 Å². The molecule has 0 bridgehead atoms. The van der Waals surface area contributed by atoms with Crippen LogP contribution in [0.15, 0.2) is 71.4 Å². The molecule has 23 heteroatoms. The van der Waals surface area contributed by atoms with Crippen molar-refractivity contribution in [2.75, 3.05) is 27.3 Å². The summed E-state index contributed by atoms with van der Waals surface area (Å²) in [6.07, 6.45) is 3.65. The van der Waals surface area contributed by atoms with E-state index in [9.17, 15) is 53.4 Å². The highest BCUT2D eigenvalue weighted by Crippen LogP contribution is 2.19. The molecule has 11 atom stereocenters. The normalized spacial score (nSPS) is 25.0. The number of hydrogen-bond acceptors (Lipinski definition) is 13. The van der Waals surface area contributed by atoms with E-state index in [2.05, 4.69) is 43.5 Å². The van der Waals surface area contributed by atoms with E-state index in [1.165, 1.54) is 34.7 Å². The first-order valence-electron chi connectivity index (χ1n) is 25.0. The van der Waals surface area contributed by atoms with Gasteiger partial charge in [0.05, 0.1) is 30.1 Å². The number of carbonyl (C=O) groups is 9. The van der Waals surface area contributed by atoms with Gasteiger partial charge in [-0.3, -0.25) is 38.6 Å². The lowest BCUT2D eigenvalue weighted by atomic mass is 9.94. The molecule has 0 aromatic heterocycles. The molecule has 1 aromatic carbocycles. The molecule has 2 rings (SSSR count). The van der Waals surface area contributed by atoms with Crippen LogP contribution in [0.25, 0.3) is 0 Å². The van der Waals surface area contributed by atoms with Crippen molar-refractivity contribution in [2.24, 2.45) is 40.1 Å². The highest BCUT2D eigenvalue weighted by molar-refractivity contribution is 6.00.